The van der Waals surface area contributed by atoms with E-state index in [2.05, 4.69) is 53.7 Å². The molecule has 5 aliphatic carbocycles. The second-order valence-corrected chi connectivity index (χ2v) is 13.2. The van der Waals surface area contributed by atoms with Crippen LogP contribution >= 0.6 is 0 Å². The SMILES string of the molecule is CC[C@H](C=C[C@@H](C)[C@H]1CC[C@H]2[C@@H]3CC[C@]45C[C@H]4CC[C@]5(C)[C@H]3CC[C@]12C)C(C)C. The van der Waals surface area contributed by atoms with Crippen LogP contribution < -0.4 is 0 Å². The van der Waals surface area contributed by atoms with Gasteiger partial charge in [0.2, 0.25) is 0 Å². The summed E-state index contributed by atoms with van der Waals surface area (Å²) in [5, 5.41) is 0. The number of allylic oxidation sites excluding steroid dienone is 2. The molecule has 0 bridgehead atoms. The zero-order chi connectivity index (χ0) is 20.6. The lowest BCUT2D eigenvalue weighted by Gasteiger charge is -2.59. The topological polar surface area (TPSA) is 0 Å². The second-order valence-electron chi connectivity index (χ2n) is 13.2. The van der Waals surface area contributed by atoms with E-state index in [1.54, 1.807) is 38.5 Å². The van der Waals surface area contributed by atoms with Crippen LogP contribution in [0.1, 0.15) is 106 Å². The van der Waals surface area contributed by atoms with Crippen molar-refractivity contribution in [3.8, 4) is 0 Å². The van der Waals surface area contributed by atoms with E-state index in [-0.39, 0.29) is 0 Å². The van der Waals surface area contributed by atoms with E-state index in [0.29, 0.717) is 5.41 Å². The highest BCUT2D eigenvalue weighted by Gasteiger charge is 2.73. The molecule has 29 heavy (non-hydrogen) atoms. The van der Waals surface area contributed by atoms with E-state index < -0.39 is 0 Å². The van der Waals surface area contributed by atoms with Crippen molar-refractivity contribution >= 4 is 0 Å². The van der Waals surface area contributed by atoms with Gasteiger partial charge in [-0.25, -0.2) is 0 Å². The van der Waals surface area contributed by atoms with Crippen molar-refractivity contribution in [2.45, 2.75) is 106 Å². The number of fused-ring (bicyclic) bond motifs is 4. The first-order valence-corrected chi connectivity index (χ1v) is 13.4. The molecule has 5 rings (SSSR count). The van der Waals surface area contributed by atoms with Gasteiger partial charge in [-0.05, 0) is 128 Å². The maximum atomic E-state index is 2.76. The molecular weight excluding hydrogens is 348 g/mol. The molecule has 0 unspecified atom stereocenters. The van der Waals surface area contributed by atoms with E-state index in [0.717, 1.165) is 58.2 Å². The summed E-state index contributed by atoms with van der Waals surface area (Å²) in [5.74, 6) is 7.52. The molecule has 5 aliphatic rings. The Bertz CT molecular complexity index is 659. The summed E-state index contributed by atoms with van der Waals surface area (Å²) in [6, 6.07) is 0. The Morgan fingerprint density at radius 1 is 0.862 bits per heavy atom. The molecule has 0 nitrogen and oxygen atoms in total. The van der Waals surface area contributed by atoms with Crippen LogP contribution in [0.25, 0.3) is 0 Å². The first-order chi connectivity index (χ1) is 13.8. The van der Waals surface area contributed by atoms with Crippen LogP contribution in [0.15, 0.2) is 12.2 Å². The van der Waals surface area contributed by atoms with Crippen molar-refractivity contribution in [3.63, 3.8) is 0 Å². The molecular formula is C29H48. The Morgan fingerprint density at radius 2 is 1.66 bits per heavy atom. The fourth-order valence-electron chi connectivity index (χ4n) is 10.4. The van der Waals surface area contributed by atoms with E-state index in [4.69, 9.17) is 0 Å². The Morgan fingerprint density at radius 3 is 2.34 bits per heavy atom. The standard InChI is InChI=1S/C29H48/c1-7-21(19(2)3)9-8-20(4)24-10-11-25-23-13-17-29-18-22(29)12-16-28(29,6)26(23)14-15-27(24,25)5/h8-9,19-26H,7,10-18H2,1-6H3/t20-,21-,22-,23+,24-,25+,26+,27-,28-,29+/m1/s1. The predicted molar refractivity (Wildman–Crippen MR) is 125 cm³/mol. The molecule has 0 radical (unpaired) electrons. The lowest BCUT2D eigenvalue weighted by Crippen LogP contribution is -2.52. The smallest absolute Gasteiger partial charge is 0.0209 e. The zero-order valence-electron chi connectivity index (χ0n) is 20.3. The Labute approximate surface area is 181 Å². The number of hydrogen-bond donors (Lipinski definition) is 0. The molecule has 164 valence electrons. The first-order valence-electron chi connectivity index (χ1n) is 13.4. The minimum absolute atomic E-state index is 0.618. The van der Waals surface area contributed by atoms with Crippen LogP contribution in [-0.2, 0) is 0 Å². The summed E-state index contributed by atoms with van der Waals surface area (Å²) in [4.78, 5) is 0. The normalized spacial score (nSPS) is 52.7. The second kappa shape index (κ2) is 6.87. The summed E-state index contributed by atoms with van der Waals surface area (Å²) in [6.07, 6.45) is 20.6. The molecule has 5 fully saturated rings. The lowest BCUT2D eigenvalue weighted by molar-refractivity contribution is -0.102. The molecule has 0 aromatic carbocycles. The summed E-state index contributed by atoms with van der Waals surface area (Å²) >= 11 is 0. The van der Waals surface area contributed by atoms with Gasteiger partial charge >= 0.3 is 0 Å². The molecule has 10 atom stereocenters. The van der Waals surface area contributed by atoms with Gasteiger partial charge in [-0.15, -0.1) is 0 Å². The lowest BCUT2D eigenvalue weighted by atomic mass is 9.46. The minimum Gasteiger partial charge on any atom is -0.0851 e. The maximum Gasteiger partial charge on any atom is -0.0209 e. The van der Waals surface area contributed by atoms with Crippen LogP contribution in [0.4, 0.5) is 0 Å². The van der Waals surface area contributed by atoms with Gasteiger partial charge in [-0.2, -0.15) is 0 Å². The quantitative estimate of drug-likeness (QED) is 0.408. The largest absolute Gasteiger partial charge is 0.0851 e. The third kappa shape index (κ3) is 2.75. The maximum absolute atomic E-state index is 2.76. The molecule has 0 aromatic rings. The average molecular weight is 397 g/mol. The fourth-order valence-corrected chi connectivity index (χ4v) is 10.4. The average Bonchev–Trinajstić information content (AvgIpc) is 3.16. The number of hydrogen-bond acceptors (Lipinski definition) is 0. The highest BCUT2D eigenvalue weighted by Crippen LogP contribution is 2.81. The van der Waals surface area contributed by atoms with Gasteiger partial charge in [0.1, 0.15) is 0 Å². The van der Waals surface area contributed by atoms with Crippen molar-refractivity contribution in [2.75, 3.05) is 0 Å². The van der Waals surface area contributed by atoms with E-state index in [1.807, 2.05) is 0 Å². The molecule has 5 saturated carbocycles. The first kappa shape index (κ1) is 20.6. The Hall–Kier alpha value is -0.260. The molecule has 0 saturated heterocycles. The Balaban J connectivity index is 1.33. The molecule has 1 spiro atoms. The van der Waals surface area contributed by atoms with Crippen molar-refractivity contribution in [1.82, 2.24) is 0 Å². The van der Waals surface area contributed by atoms with Gasteiger partial charge in [0.25, 0.3) is 0 Å². The fraction of sp³-hybridized carbons (Fsp3) is 0.931. The molecule has 0 aromatic heterocycles. The predicted octanol–water partition coefficient (Wildman–Crippen LogP) is 8.52. The van der Waals surface area contributed by atoms with Crippen LogP contribution in [0.3, 0.4) is 0 Å². The highest BCUT2D eigenvalue weighted by atomic mass is 14.8. The van der Waals surface area contributed by atoms with Gasteiger partial charge in [0.05, 0.1) is 0 Å². The minimum atomic E-state index is 0.618. The summed E-state index contributed by atoms with van der Waals surface area (Å²) in [5.41, 5.74) is 2.16. The Kier molecular flexibility index (Phi) is 4.89. The van der Waals surface area contributed by atoms with Gasteiger partial charge in [-0.1, -0.05) is 53.7 Å². The van der Waals surface area contributed by atoms with E-state index >= 15 is 0 Å². The van der Waals surface area contributed by atoms with Crippen molar-refractivity contribution in [3.05, 3.63) is 12.2 Å². The molecule has 0 heteroatoms. The monoisotopic (exact) mass is 396 g/mol. The molecule has 0 amide bonds. The molecule has 0 heterocycles. The van der Waals surface area contributed by atoms with Crippen LogP contribution in [-0.4, -0.2) is 0 Å². The third-order valence-electron chi connectivity index (χ3n) is 12.3. The summed E-state index contributed by atoms with van der Waals surface area (Å²) in [6.45, 7) is 15.2. The van der Waals surface area contributed by atoms with Gasteiger partial charge in [-0.3, -0.25) is 0 Å². The highest BCUT2D eigenvalue weighted by molar-refractivity contribution is 5.22. The van der Waals surface area contributed by atoms with Crippen LogP contribution in [0.2, 0.25) is 0 Å². The molecule has 0 aliphatic heterocycles. The van der Waals surface area contributed by atoms with Gasteiger partial charge in [0.15, 0.2) is 0 Å². The third-order valence-corrected chi connectivity index (χ3v) is 12.3. The van der Waals surface area contributed by atoms with Crippen molar-refractivity contribution < 1.29 is 0 Å². The van der Waals surface area contributed by atoms with E-state index in [9.17, 15) is 0 Å². The van der Waals surface area contributed by atoms with Crippen LogP contribution in [0, 0.1) is 63.6 Å². The van der Waals surface area contributed by atoms with Gasteiger partial charge in [0, 0.05) is 0 Å². The molecule has 0 N–H and O–H groups in total. The van der Waals surface area contributed by atoms with Crippen molar-refractivity contribution in [1.29, 1.82) is 0 Å². The van der Waals surface area contributed by atoms with E-state index in [1.165, 1.54) is 25.7 Å². The summed E-state index contributed by atoms with van der Waals surface area (Å²) < 4.78 is 0. The van der Waals surface area contributed by atoms with Crippen LogP contribution in [0.5, 0.6) is 0 Å². The summed E-state index contributed by atoms with van der Waals surface area (Å²) in [7, 11) is 0. The van der Waals surface area contributed by atoms with Crippen molar-refractivity contribution in [2.24, 2.45) is 63.6 Å². The van der Waals surface area contributed by atoms with Gasteiger partial charge < -0.3 is 0 Å². The zero-order valence-corrected chi connectivity index (χ0v) is 20.3. The number of rotatable bonds is 5.